The minimum absolute atomic E-state index is 0.109. The van der Waals surface area contributed by atoms with E-state index in [-0.39, 0.29) is 5.25 Å². The lowest BCUT2D eigenvalue weighted by Crippen LogP contribution is -2.22. The van der Waals surface area contributed by atoms with Gasteiger partial charge in [0.25, 0.3) is 0 Å². The van der Waals surface area contributed by atoms with Crippen molar-refractivity contribution in [2.24, 2.45) is 0 Å². The molecule has 0 radical (unpaired) electrons. The summed E-state index contributed by atoms with van der Waals surface area (Å²) in [6.07, 6.45) is 2.30. The fourth-order valence-corrected chi connectivity index (χ4v) is 4.72. The van der Waals surface area contributed by atoms with Crippen LogP contribution in [0.15, 0.2) is 64.2 Å². The molecule has 0 N–H and O–H groups in total. The summed E-state index contributed by atoms with van der Waals surface area (Å²) in [5.41, 5.74) is 1.76. The van der Waals surface area contributed by atoms with Gasteiger partial charge in [-0.15, -0.1) is 20.4 Å². The average Bonchev–Trinajstić information content (AvgIpc) is 3.55. The fourth-order valence-electron chi connectivity index (χ4n) is 3.61. The van der Waals surface area contributed by atoms with E-state index < -0.39 is 0 Å². The minimum atomic E-state index is -0.109. The Hall–Kier alpha value is -2.84. The molecular weight excluding hydrogens is 432 g/mol. The smallest absolute Gasteiger partial charge is 0.247 e. The molecule has 3 heterocycles. The fraction of sp³-hybridized carbons (Fsp3) is 0.273. The number of benzene rings is 2. The Labute approximate surface area is 189 Å². The maximum absolute atomic E-state index is 6.55. The van der Waals surface area contributed by atoms with E-state index >= 15 is 0 Å². The molecule has 7 nitrogen and oxygen atoms in total. The molecule has 0 amide bonds. The molecular formula is C22H21ClN6OS. The van der Waals surface area contributed by atoms with Gasteiger partial charge in [-0.2, -0.15) is 0 Å². The summed E-state index contributed by atoms with van der Waals surface area (Å²) in [4.78, 5) is 2.26. The van der Waals surface area contributed by atoms with Crippen molar-refractivity contribution >= 4 is 29.3 Å². The van der Waals surface area contributed by atoms with Crippen LogP contribution >= 0.6 is 23.4 Å². The SMILES string of the molecule is C[C@@H](Sc1nnc(N2CCCC2)n1-c1ccccc1Cl)c1nnc(-c2ccccc2)o1. The van der Waals surface area contributed by atoms with Crippen LogP contribution in [0.4, 0.5) is 5.95 Å². The van der Waals surface area contributed by atoms with Gasteiger partial charge in [0.1, 0.15) is 0 Å². The van der Waals surface area contributed by atoms with E-state index in [1.807, 2.05) is 66.1 Å². The van der Waals surface area contributed by atoms with Crippen molar-refractivity contribution in [3.63, 3.8) is 0 Å². The van der Waals surface area contributed by atoms with Gasteiger partial charge in [-0.1, -0.05) is 53.7 Å². The van der Waals surface area contributed by atoms with Crippen LogP contribution in [0.2, 0.25) is 5.02 Å². The molecule has 1 aliphatic heterocycles. The van der Waals surface area contributed by atoms with Gasteiger partial charge in [0.2, 0.25) is 17.7 Å². The Bertz CT molecular complexity index is 1170. The maximum Gasteiger partial charge on any atom is 0.247 e. The highest BCUT2D eigenvalue weighted by Gasteiger charge is 2.26. The van der Waals surface area contributed by atoms with E-state index in [1.54, 1.807) is 0 Å². The van der Waals surface area contributed by atoms with E-state index in [2.05, 4.69) is 25.3 Å². The standard InChI is InChI=1S/C22H21ClN6OS/c1-15(19-24-25-20(30-19)16-9-3-2-4-10-16)31-22-27-26-21(28-13-7-8-14-28)29(22)18-12-6-5-11-17(18)23/h2-6,9-12,15H,7-8,13-14H2,1H3/t15-/m1/s1. The third kappa shape index (κ3) is 4.05. The van der Waals surface area contributed by atoms with Gasteiger partial charge in [0, 0.05) is 18.7 Å². The van der Waals surface area contributed by atoms with Crippen LogP contribution in [0, 0.1) is 0 Å². The quantitative estimate of drug-likeness (QED) is 0.361. The number of halogens is 1. The summed E-state index contributed by atoms with van der Waals surface area (Å²) in [5, 5.41) is 18.8. The summed E-state index contributed by atoms with van der Waals surface area (Å²) in [6, 6.07) is 17.5. The Morgan fingerprint density at radius 3 is 2.45 bits per heavy atom. The van der Waals surface area contributed by atoms with Crippen LogP contribution in [0.25, 0.3) is 17.1 Å². The Balaban J connectivity index is 1.47. The molecule has 1 saturated heterocycles. The molecule has 0 saturated carbocycles. The van der Waals surface area contributed by atoms with E-state index in [4.69, 9.17) is 16.0 Å². The van der Waals surface area contributed by atoms with Crippen molar-refractivity contribution in [1.29, 1.82) is 0 Å². The van der Waals surface area contributed by atoms with Crippen LogP contribution in [0.3, 0.4) is 0 Å². The topological polar surface area (TPSA) is 72.9 Å². The summed E-state index contributed by atoms with van der Waals surface area (Å²) < 4.78 is 7.97. The van der Waals surface area contributed by atoms with Crippen molar-refractivity contribution in [3.05, 3.63) is 65.5 Å². The van der Waals surface area contributed by atoms with E-state index in [0.717, 1.165) is 48.3 Å². The van der Waals surface area contributed by atoms with Crippen molar-refractivity contribution in [2.45, 2.75) is 30.2 Å². The molecule has 0 bridgehead atoms. The molecule has 0 aliphatic carbocycles. The van der Waals surface area contributed by atoms with Crippen LogP contribution in [-0.2, 0) is 0 Å². The Morgan fingerprint density at radius 2 is 1.68 bits per heavy atom. The number of aromatic nitrogens is 5. The number of hydrogen-bond donors (Lipinski definition) is 0. The normalized spacial score (nSPS) is 14.8. The molecule has 0 unspecified atom stereocenters. The largest absolute Gasteiger partial charge is 0.419 e. The first-order valence-corrected chi connectivity index (χ1v) is 11.5. The second-order valence-electron chi connectivity index (χ2n) is 7.34. The van der Waals surface area contributed by atoms with Gasteiger partial charge in [-0.05, 0) is 44.0 Å². The number of anilines is 1. The predicted molar refractivity (Wildman–Crippen MR) is 122 cm³/mol. The van der Waals surface area contributed by atoms with Crippen LogP contribution in [0.5, 0.6) is 0 Å². The first-order valence-electron chi connectivity index (χ1n) is 10.2. The van der Waals surface area contributed by atoms with Crippen molar-refractivity contribution in [3.8, 4) is 17.1 Å². The lowest BCUT2D eigenvalue weighted by molar-refractivity contribution is 0.509. The first-order chi connectivity index (χ1) is 15.2. The third-order valence-electron chi connectivity index (χ3n) is 5.19. The number of para-hydroxylation sites is 1. The minimum Gasteiger partial charge on any atom is -0.419 e. The molecule has 2 aromatic heterocycles. The molecule has 1 atom stereocenters. The van der Waals surface area contributed by atoms with Crippen LogP contribution in [-0.4, -0.2) is 38.1 Å². The molecule has 2 aromatic carbocycles. The van der Waals surface area contributed by atoms with E-state index in [9.17, 15) is 0 Å². The summed E-state index contributed by atoms with van der Waals surface area (Å²) in [7, 11) is 0. The maximum atomic E-state index is 6.55. The van der Waals surface area contributed by atoms with Crippen molar-refractivity contribution in [2.75, 3.05) is 18.0 Å². The molecule has 0 spiro atoms. The molecule has 31 heavy (non-hydrogen) atoms. The lowest BCUT2D eigenvalue weighted by Gasteiger charge is -2.19. The van der Waals surface area contributed by atoms with Gasteiger partial charge in [0.15, 0.2) is 5.16 Å². The number of hydrogen-bond acceptors (Lipinski definition) is 7. The summed E-state index contributed by atoms with van der Waals surface area (Å²) in [6.45, 7) is 3.95. The van der Waals surface area contributed by atoms with E-state index in [1.165, 1.54) is 11.8 Å². The third-order valence-corrected chi connectivity index (χ3v) is 6.54. The van der Waals surface area contributed by atoms with Gasteiger partial charge in [-0.25, -0.2) is 0 Å². The first kappa shape index (κ1) is 20.1. The molecule has 1 aliphatic rings. The highest BCUT2D eigenvalue weighted by molar-refractivity contribution is 7.99. The number of nitrogens with zero attached hydrogens (tertiary/aromatic N) is 6. The number of rotatable bonds is 6. The summed E-state index contributed by atoms with van der Waals surface area (Å²) in [5.74, 6) is 1.87. The van der Waals surface area contributed by atoms with Crippen LogP contribution < -0.4 is 4.90 Å². The lowest BCUT2D eigenvalue weighted by atomic mass is 10.2. The van der Waals surface area contributed by atoms with Crippen molar-refractivity contribution < 1.29 is 4.42 Å². The second-order valence-corrected chi connectivity index (χ2v) is 9.05. The Morgan fingerprint density at radius 1 is 0.935 bits per heavy atom. The molecule has 158 valence electrons. The highest BCUT2D eigenvalue weighted by Crippen LogP contribution is 2.38. The zero-order valence-electron chi connectivity index (χ0n) is 17.0. The second kappa shape index (κ2) is 8.72. The zero-order chi connectivity index (χ0) is 21.2. The average molecular weight is 453 g/mol. The van der Waals surface area contributed by atoms with Gasteiger partial charge in [0.05, 0.1) is 16.0 Å². The summed E-state index contributed by atoms with van der Waals surface area (Å²) >= 11 is 8.07. The molecule has 5 rings (SSSR count). The van der Waals surface area contributed by atoms with E-state index in [0.29, 0.717) is 16.8 Å². The zero-order valence-corrected chi connectivity index (χ0v) is 18.6. The molecule has 1 fully saturated rings. The molecule has 4 aromatic rings. The molecule has 9 heteroatoms. The number of thioether (sulfide) groups is 1. The van der Waals surface area contributed by atoms with Crippen LogP contribution in [0.1, 0.15) is 30.9 Å². The predicted octanol–water partition coefficient (Wildman–Crippen LogP) is 5.42. The Kier molecular flexibility index (Phi) is 5.65. The van der Waals surface area contributed by atoms with Crippen molar-refractivity contribution in [1.82, 2.24) is 25.0 Å². The van der Waals surface area contributed by atoms with Gasteiger partial charge < -0.3 is 9.32 Å². The van der Waals surface area contributed by atoms with Gasteiger partial charge >= 0.3 is 0 Å². The monoisotopic (exact) mass is 452 g/mol. The van der Waals surface area contributed by atoms with Gasteiger partial charge in [-0.3, -0.25) is 4.57 Å². The highest BCUT2D eigenvalue weighted by atomic mass is 35.5.